The van der Waals surface area contributed by atoms with Gasteiger partial charge in [-0.1, -0.05) is 57.9 Å². The van der Waals surface area contributed by atoms with Gasteiger partial charge in [0.25, 0.3) is 5.88 Å². The molecule has 1 aliphatic heterocycles. The van der Waals surface area contributed by atoms with Gasteiger partial charge in [-0.3, -0.25) is 0 Å². The molecule has 6 nitrogen and oxygen atoms in total. The standard InChI is InChI=1S/C25H16BrClF3N5O/c26-16-9-8-14(20(27)12-16)10-17-13-31-34-23(32-17)22-19-6-1-2-7-21(19)33-35-24(22)36-18-5-3-4-15(11-18)25(28,29)30/h1-12,31H,13H2,(H,32,34)/b17-10-. The van der Waals surface area contributed by atoms with Crippen LogP contribution in [0.4, 0.5) is 13.2 Å². The molecule has 0 saturated carbocycles. The van der Waals surface area contributed by atoms with Gasteiger partial charge in [0.15, 0.2) is 5.84 Å². The van der Waals surface area contributed by atoms with Gasteiger partial charge in [0, 0.05) is 14.9 Å². The smallest absolute Gasteiger partial charge is 0.416 e. The Morgan fingerprint density at radius 1 is 1.00 bits per heavy atom. The maximum absolute atomic E-state index is 13.2. The van der Waals surface area contributed by atoms with Crippen molar-refractivity contribution in [1.29, 1.82) is 0 Å². The molecule has 1 aromatic heterocycles. The van der Waals surface area contributed by atoms with E-state index in [4.69, 9.17) is 21.3 Å². The van der Waals surface area contributed by atoms with Crippen molar-refractivity contribution in [3.63, 3.8) is 0 Å². The average Bonchev–Trinajstić information content (AvgIpc) is 2.85. The van der Waals surface area contributed by atoms with Gasteiger partial charge in [-0.2, -0.15) is 13.2 Å². The maximum Gasteiger partial charge on any atom is 0.416 e. The third-order valence-corrected chi connectivity index (χ3v) is 6.09. The molecule has 182 valence electrons. The van der Waals surface area contributed by atoms with Crippen molar-refractivity contribution in [2.75, 3.05) is 6.54 Å². The minimum absolute atomic E-state index is 0.00370. The molecular formula is C25H16BrClF3N5O. The first kappa shape index (κ1) is 24.2. The fourth-order valence-corrected chi connectivity index (χ4v) is 4.34. The number of ether oxygens (including phenoxy) is 1. The molecule has 0 radical (unpaired) electrons. The van der Waals surface area contributed by atoms with Crippen LogP contribution in [0, 0.1) is 0 Å². The van der Waals surface area contributed by atoms with Crippen LogP contribution in [-0.4, -0.2) is 22.6 Å². The average molecular weight is 575 g/mol. The molecule has 4 aromatic rings. The highest BCUT2D eigenvalue weighted by Gasteiger charge is 2.31. The van der Waals surface area contributed by atoms with Crippen molar-refractivity contribution in [2.45, 2.75) is 6.18 Å². The van der Waals surface area contributed by atoms with Crippen LogP contribution in [0.5, 0.6) is 11.6 Å². The number of aliphatic imine (C=N–C) groups is 1. The number of benzene rings is 3. The molecule has 0 atom stereocenters. The molecular weight excluding hydrogens is 559 g/mol. The number of fused-ring (bicyclic) bond motifs is 1. The molecule has 36 heavy (non-hydrogen) atoms. The molecule has 0 spiro atoms. The number of hydrogen-bond donors (Lipinski definition) is 2. The van der Waals surface area contributed by atoms with Crippen LogP contribution >= 0.6 is 27.5 Å². The quantitative estimate of drug-likeness (QED) is 0.282. The molecule has 1 aliphatic rings. The van der Waals surface area contributed by atoms with Crippen molar-refractivity contribution >= 4 is 50.3 Å². The molecule has 5 rings (SSSR count). The molecule has 0 saturated heterocycles. The summed E-state index contributed by atoms with van der Waals surface area (Å²) in [5.41, 5.74) is 7.71. The van der Waals surface area contributed by atoms with Crippen molar-refractivity contribution in [3.05, 3.63) is 98.6 Å². The third-order valence-electron chi connectivity index (χ3n) is 5.26. The molecule has 0 unspecified atom stereocenters. The first-order chi connectivity index (χ1) is 17.3. The van der Waals surface area contributed by atoms with Crippen molar-refractivity contribution < 1.29 is 17.9 Å². The Bertz CT molecular complexity index is 1520. The van der Waals surface area contributed by atoms with Crippen LogP contribution in [0.3, 0.4) is 0 Å². The second-order valence-corrected chi connectivity index (χ2v) is 9.09. The number of aromatic nitrogens is 2. The zero-order valence-corrected chi connectivity index (χ0v) is 20.6. The lowest BCUT2D eigenvalue weighted by Crippen LogP contribution is -2.43. The Labute approximate surface area is 217 Å². The SMILES string of the molecule is FC(F)(F)c1cccc(Oc2nnc3ccccc3c2C2=N/C(=C\c3ccc(Br)cc3Cl)CNN2)c1. The Hall–Kier alpha value is -3.47. The van der Waals surface area contributed by atoms with Gasteiger partial charge in [-0.15, -0.1) is 10.2 Å². The Kier molecular flexibility index (Phi) is 6.65. The third kappa shape index (κ3) is 5.20. The van der Waals surface area contributed by atoms with E-state index in [0.29, 0.717) is 39.6 Å². The van der Waals surface area contributed by atoms with Crippen molar-refractivity contribution in [3.8, 4) is 11.6 Å². The molecule has 0 amide bonds. The van der Waals surface area contributed by atoms with Gasteiger partial charge in [0.2, 0.25) is 0 Å². The molecule has 2 N–H and O–H groups in total. The van der Waals surface area contributed by atoms with Gasteiger partial charge in [-0.25, -0.2) is 10.4 Å². The number of hydrazine groups is 1. The second-order valence-electron chi connectivity index (χ2n) is 7.77. The molecule has 3 aromatic carbocycles. The molecule has 0 fully saturated rings. The summed E-state index contributed by atoms with van der Waals surface area (Å²) in [4.78, 5) is 4.73. The van der Waals surface area contributed by atoms with E-state index in [0.717, 1.165) is 22.2 Å². The summed E-state index contributed by atoms with van der Waals surface area (Å²) in [7, 11) is 0. The normalized spacial score (nSPS) is 15.0. The predicted molar refractivity (Wildman–Crippen MR) is 136 cm³/mol. The summed E-state index contributed by atoms with van der Waals surface area (Å²) in [6.45, 7) is 0.399. The van der Waals surface area contributed by atoms with Gasteiger partial charge in [0.05, 0.1) is 28.9 Å². The van der Waals surface area contributed by atoms with E-state index in [1.807, 2.05) is 36.4 Å². The Morgan fingerprint density at radius 2 is 1.83 bits per heavy atom. The van der Waals surface area contributed by atoms with Gasteiger partial charge >= 0.3 is 6.18 Å². The fraction of sp³-hybridized carbons (Fsp3) is 0.0800. The monoisotopic (exact) mass is 573 g/mol. The first-order valence-corrected chi connectivity index (χ1v) is 11.8. The number of halogens is 5. The molecule has 11 heteroatoms. The van der Waals surface area contributed by atoms with E-state index in [9.17, 15) is 13.2 Å². The molecule has 2 heterocycles. The Balaban J connectivity index is 1.60. The number of alkyl halides is 3. The first-order valence-electron chi connectivity index (χ1n) is 10.6. The number of hydrogen-bond acceptors (Lipinski definition) is 6. The van der Waals surface area contributed by atoms with Crippen LogP contribution in [0.1, 0.15) is 16.7 Å². The van der Waals surface area contributed by atoms with Gasteiger partial charge < -0.3 is 10.2 Å². The highest BCUT2D eigenvalue weighted by molar-refractivity contribution is 9.10. The summed E-state index contributed by atoms with van der Waals surface area (Å²) < 4.78 is 46.3. The van der Waals surface area contributed by atoms with E-state index in [1.54, 1.807) is 12.1 Å². The van der Waals surface area contributed by atoms with Crippen LogP contribution in [0.15, 0.2) is 81.9 Å². The number of rotatable bonds is 4. The summed E-state index contributed by atoms with van der Waals surface area (Å²) in [6.07, 6.45) is -2.67. The summed E-state index contributed by atoms with van der Waals surface area (Å²) in [5, 5.41) is 9.54. The van der Waals surface area contributed by atoms with Gasteiger partial charge in [0.1, 0.15) is 5.75 Å². The summed E-state index contributed by atoms with van der Waals surface area (Å²) in [6, 6.07) is 17.3. The predicted octanol–water partition coefficient (Wildman–Crippen LogP) is 6.75. The molecule has 0 aliphatic carbocycles. The lowest BCUT2D eigenvalue weighted by atomic mass is 10.1. The second kappa shape index (κ2) is 9.88. The maximum atomic E-state index is 13.2. The lowest BCUT2D eigenvalue weighted by Gasteiger charge is -2.21. The van der Waals surface area contributed by atoms with E-state index >= 15 is 0 Å². The highest BCUT2D eigenvalue weighted by atomic mass is 79.9. The summed E-state index contributed by atoms with van der Waals surface area (Å²) in [5.74, 6) is 0.343. The fourth-order valence-electron chi connectivity index (χ4n) is 3.61. The number of nitrogens with one attached hydrogen (secondary N) is 2. The van der Waals surface area contributed by atoms with Crippen LogP contribution in [0.25, 0.3) is 17.0 Å². The van der Waals surface area contributed by atoms with Crippen LogP contribution in [-0.2, 0) is 6.18 Å². The van der Waals surface area contributed by atoms with Crippen molar-refractivity contribution in [1.82, 2.24) is 21.0 Å². The topological polar surface area (TPSA) is 71.4 Å². The van der Waals surface area contributed by atoms with Gasteiger partial charge in [-0.05, 0) is 48.0 Å². The summed E-state index contributed by atoms with van der Waals surface area (Å²) >= 11 is 9.75. The van der Waals surface area contributed by atoms with E-state index in [2.05, 4.69) is 37.0 Å². The number of amidine groups is 1. The van der Waals surface area contributed by atoms with E-state index < -0.39 is 11.7 Å². The van der Waals surface area contributed by atoms with E-state index in [-0.39, 0.29) is 11.6 Å². The molecule has 0 bridgehead atoms. The minimum atomic E-state index is -4.51. The highest BCUT2D eigenvalue weighted by Crippen LogP contribution is 2.34. The zero-order chi connectivity index (χ0) is 25.3. The van der Waals surface area contributed by atoms with Crippen molar-refractivity contribution in [2.24, 2.45) is 4.99 Å². The zero-order valence-electron chi connectivity index (χ0n) is 18.3. The number of nitrogens with zero attached hydrogens (tertiary/aromatic N) is 3. The van der Waals surface area contributed by atoms with Crippen LogP contribution in [0.2, 0.25) is 5.02 Å². The van der Waals surface area contributed by atoms with E-state index in [1.165, 1.54) is 12.1 Å². The lowest BCUT2D eigenvalue weighted by molar-refractivity contribution is -0.137. The Morgan fingerprint density at radius 3 is 2.64 bits per heavy atom. The largest absolute Gasteiger partial charge is 0.437 e. The van der Waals surface area contributed by atoms with Crippen LogP contribution < -0.4 is 15.6 Å². The minimum Gasteiger partial charge on any atom is -0.437 e.